The van der Waals surface area contributed by atoms with E-state index >= 15 is 0 Å². The van der Waals surface area contributed by atoms with Crippen LogP contribution in [-0.2, 0) is 19.1 Å². The minimum Gasteiger partial charge on any atom is -0.466 e. The maximum absolute atomic E-state index is 11.2. The molecule has 0 aliphatic heterocycles. The van der Waals surface area contributed by atoms with E-state index in [1.165, 1.54) is 0 Å². The third-order valence-electron chi connectivity index (χ3n) is 2.29. The summed E-state index contributed by atoms with van der Waals surface area (Å²) in [5.41, 5.74) is 0. The molecule has 0 heterocycles. The Hall–Kier alpha value is -1.22. The smallest absolute Gasteiger partial charge is 0.307 e. The van der Waals surface area contributed by atoms with Gasteiger partial charge in [0.25, 0.3) is 0 Å². The predicted molar refractivity (Wildman–Crippen MR) is 74.4 cm³/mol. The normalized spacial score (nSPS) is 9.70. The molecule has 0 atom stereocenters. The summed E-state index contributed by atoms with van der Waals surface area (Å²) in [5, 5.41) is 8.90. The van der Waals surface area contributed by atoms with Crippen LogP contribution in [0.15, 0.2) is 0 Å². The molecule has 0 unspecified atom stereocenters. The van der Waals surface area contributed by atoms with Gasteiger partial charge in [-0.1, -0.05) is 0 Å². The summed E-state index contributed by atoms with van der Waals surface area (Å²) in [6.07, 6.45) is 0.521. The summed E-state index contributed by atoms with van der Waals surface area (Å²) in [5.74, 6) is 7.47. The first-order chi connectivity index (χ1) is 9.63. The molecule has 0 rings (SSSR count). The Morgan fingerprint density at radius 2 is 1.35 bits per heavy atom. The minimum atomic E-state index is -0.267. The van der Waals surface area contributed by atoms with Gasteiger partial charge >= 0.3 is 11.9 Å². The van der Waals surface area contributed by atoms with E-state index in [-0.39, 0.29) is 31.4 Å². The van der Waals surface area contributed by atoms with E-state index in [2.05, 4.69) is 11.7 Å². The lowest BCUT2D eigenvalue weighted by Gasteiger charge is -2.20. The molecule has 0 aromatic heterocycles. The summed E-state index contributed by atoms with van der Waals surface area (Å²) < 4.78 is 9.63. The van der Waals surface area contributed by atoms with E-state index in [9.17, 15) is 9.59 Å². The van der Waals surface area contributed by atoms with Gasteiger partial charge in [0.05, 0.1) is 32.7 Å². The molecule has 0 aromatic carbocycles. The zero-order valence-corrected chi connectivity index (χ0v) is 12.3. The first-order valence-corrected chi connectivity index (χ1v) is 6.61. The Labute approximate surface area is 120 Å². The molecule has 20 heavy (non-hydrogen) atoms. The fraction of sp³-hybridized carbons (Fsp3) is 0.833. The Balaban J connectivity index is 0. The van der Waals surface area contributed by atoms with Crippen molar-refractivity contribution in [1.29, 1.82) is 0 Å². The van der Waals surface area contributed by atoms with Crippen molar-refractivity contribution >= 4 is 11.9 Å². The van der Waals surface area contributed by atoms with E-state index < -0.39 is 0 Å². The average Bonchev–Trinajstić information content (AvgIpc) is 2.45. The number of nitrogens with zero attached hydrogens (tertiary/aromatic N) is 1. The van der Waals surface area contributed by atoms with Crippen molar-refractivity contribution in [2.45, 2.75) is 26.7 Å². The van der Waals surface area contributed by atoms with Gasteiger partial charge in [-0.2, -0.15) is 0 Å². The van der Waals surface area contributed by atoms with Crippen molar-refractivity contribution in [3.8, 4) is 0 Å². The number of esters is 2. The molecule has 0 aromatic rings. The van der Waals surface area contributed by atoms with Gasteiger partial charge in [0.2, 0.25) is 0 Å². The Kier molecular flexibility index (Phi) is 16.7. The van der Waals surface area contributed by atoms with Gasteiger partial charge in [0.1, 0.15) is 0 Å². The second kappa shape index (κ2) is 15.8. The summed E-state index contributed by atoms with van der Waals surface area (Å²) in [6.45, 7) is 5.60. The maximum atomic E-state index is 11.2. The van der Waals surface area contributed by atoms with Gasteiger partial charge in [-0.15, -0.1) is 0 Å². The topological polar surface area (TPSA) is 128 Å². The number of aliphatic hydroxyl groups excluding tert-OH is 1. The molecular weight excluding hydrogens is 266 g/mol. The molecule has 0 amide bonds. The summed E-state index contributed by atoms with van der Waals surface area (Å²) >= 11 is 0. The molecule has 0 spiro atoms. The van der Waals surface area contributed by atoms with Crippen LogP contribution < -0.4 is 11.7 Å². The number of carbonyl (C=O) groups excluding carboxylic acids is 2. The highest BCUT2D eigenvalue weighted by Crippen LogP contribution is 1.97. The average molecular weight is 293 g/mol. The molecule has 0 saturated heterocycles. The Bertz CT molecular complexity index is 229. The largest absolute Gasteiger partial charge is 0.466 e. The number of aliphatic hydroxyl groups is 1. The monoisotopic (exact) mass is 293 g/mol. The zero-order valence-electron chi connectivity index (χ0n) is 12.3. The highest BCUT2D eigenvalue weighted by Gasteiger charge is 2.11. The number of rotatable bonds is 10. The SMILES string of the molecule is CCOC(=O)CCN(CCO)CCC(=O)OCC.NN. The molecule has 8 nitrogen and oxygen atoms in total. The van der Waals surface area contributed by atoms with Crippen molar-refractivity contribution in [2.24, 2.45) is 11.7 Å². The predicted octanol–water partition coefficient (Wildman–Crippen LogP) is -0.994. The number of ether oxygens (including phenoxy) is 2. The molecule has 120 valence electrons. The number of nitrogens with two attached hydrogens (primary N) is 2. The third kappa shape index (κ3) is 13.2. The lowest BCUT2D eigenvalue weighted by Crippen LogP contribution is -2.32. The molecule has 0 aliphatic carbocycles. The lowest BCUT2D eigenvalue weighted by molar-refractivity contribution is -0.143. The molecule has 0 radical (unpaired) electrons. The van der Waals surface area contributed by atoms with Crippen LogP contribution in [0.2, 0.25) is 0 Å². The van der Waals surface area contributed by atoms with E-state index in [0.717, 1.165) is 0 Å². The third-order valence-corrected chi connectivity index (χ3v) is 2.29. The molecule has 8 heteroatoms. The lowest BCUT2D eigenvalue weighted by atomic mass is 10.3. The van der Waals surface area contributed by atoms with Gasteiger partial charge in [-0.05, 0) is 13.8 Å². The molecule has 0 bridgehead atoms. The van der Waals surface area contributed by atoms with Crippen LogP contribution in [-0.4, -0.2) is 61.4 Å². The maximum Gasteiger partial charge on any atom is 0.307 e. The zero-order chi connectivity index (χ0) is 15.8. The van der Waals surface area contributed by atoms with Crippen LogP contribution in [0, 0.1) is 0 Å². The van der Waals surface area contributed by atoms with E-state index in [0.29, 0.717) is 32.8 Å². The fourth-order valence-corrected chi connectivity index (χ4v) is 1.44. The molecule has 0 saturated carbocycles. The van der Waals surface area contributed by atoms with Crippen LogP contribution in [0.5, 0.6) is 0 Å². The van der Waals surface area contributed by atoms with E-state index in [1.807, 2.05) is 4.90 Å². The molecule has 0 fully saturated rings. The van der Waals surface area contributed by atoms with E-state index in [4.69, 9.17) is 14.6 Å². The highest BCUT2D eigenvalue weighted by molar-refractivity contribution is 5.70. The summed E-state index contributed by atoms with van der Waals surface area (Å²) in [6, 6.07) is 0. The van der Waals surface area contributed by atoms with Crippen LogP contribution in [0.25, 0.3) is 0 Å². The van der Waals surface area contributed by atoms with Gasteiger partial charge in [0, 0.05) is 19.6 Å². The quantitative estimate of drug-likeness (QED) is 0.266. The van der Waals surface area contributed by atoms with Crippen molar-refractivity contribution < 1.29 is 24.2 Å². The van der Waals surface area contributed by atoms with Gasteiger partial charge in [-0.3, -0.25) is 26.2 Å². The first-order valence-electron chi connectivity index (χ1n) is 6.61. The van der Waals surface area contributed by atoms with Crippen molar-refractivity contribution in [1.82, 2.24) is 4.90 Å². The summed E-state index contributed by atoms with van der Waals surface area (Å²) in [4.78, 5) is 24.2. The second-order valence-corrected chi connectivity index (χ2v) is 3.68. The number of hydrazine groups is 1. The van der Waals surface area contributed by atoms with Gasteiger partial charge in [0.15, 0.2) is 0 Å². The van der Waals surface area contributed by atoms with Crippen molar-refractivity contribution in [2.75, 3.05) is 39.5 Å². The molecule has 5 N–H and O–H groups in total. The number of hydrogen-bond acceptors (Lipinski definition) is 8. The minimum absolute atomic E-state index is 0.00828. The van der Waals surface area contributed by atoms with Gasteiger partial charge < -0.3 is 14.6 Å². The number of hydrogen-bond donors (Lipinski definition) is 3. The highest BCUT2D eigenvalue weighted by atomic mass is 16.5. The van der Waals surface area contributed by atoms with E-state index in [1.54, 1.807) is 13.8 Å². The Morgan fingerprint density at radius 1 is 0.950 bits per heavy atom. The standard InChI is InChI=1S/C12H23NO5.H4N2/c1-3-17-11(15)5-7-13(9-10-14)8-6-12(16)18-4-2;1-2/h14H,3-10H2,1-2H3;1-2H2. The molecule has 0 aliphatic rings. The van der Waals surface area contributed by atoms with Crippen LogP contribution in [0.4, 0.5) is 0 Å². The second-order valence-electron chi connectivity index (χ2n) is 3.68. The van der Waals surface area contributed by atoms with Crippen molar-refractivity contribution in [3.63, 3.8) is 0 Å². The van der Waals surface area contributed by atoms with Crippen LogP contribution >= 0.6 is 0 Å². The first kappa shape index (κ1) is 21.1. The summed E-state index contributed by atoms with van der Waals surface area (Å²) in [7, 11) is 0. The molecular formula is C12H27N3O5. The fourth-order valence-electron chi connectivity index (χ4n) is 1.44. The number of carbonyl (C=O) groups is 2. The van der Waals surface area contributed by atoms with Crippen molar-refractivity contribution in [3.05, 3.63) is 0 Å². The van der Waals surface area contributed by atoms with Crippen LogP contribution in [0.3, 0.4) is 0 Å². The van der Waals surface area contributed by atoms with Crippen LogP contribution in [0.1, 0.15) is 26.7 Å². The Morgan fingerprint density at radius 3 is 1.65 bits per heavy atom. The van der Waals surface area contributed by atoms with Gasteiger partial charge in [-0.25, -0.2) is 0 Å².